The molecule has 0 aromatic heterocycles. The lowest BCUT2D eigenvalue weighted by Gasteiger charge is -2.17. The first-order valence-electron chi connectivity index (χ1n) is 5.15. The van der Waals surface area contributed by atoms with Crippen molar-refractivity contribution >= 4 is 11.6 Å². The molecule has 0 atom stereocenters. The number of carbonyl (C=O) groups is 1. The van der Waals surface area contributed by atoms with Gasteiger partial charge in [-0.2, -0.15) is 0 Å². The van der Waals surface area contributed by atoms with Crippen LogP contribution in [0.5, 0.6) is 0 Å². The van der Waals surface area contributed by atoms with Crippen molar-refractivity contribution < 1.29 is 19.2 Å². The number of carbonyl (C=O) groups excluding carboxylic acids is 1. The molecule has 0 heterocycles. The van der Waals surface area contributed by atoms with E-state index >= 15 is 0 Å². The van der Waals surface area contributed by atoms with Crippen LogP contribution in [-0.4, -0.2) is 28.1 Å². The maximum Gasteiger partial charge on any atom is 0.285 e. The molecule has 0 saturated carbocycles. The molecule has 0 aliphatic heterocycles. The van der Waals surface area contributed by atoms with E-state index < -0.39 is 27.9 Å². The normalized spacial score (nSPS) is 11.1. The lowest BCUT2D eigenvalue weighted by atomic mass is 10.1. The summed E-state index contributed by atoms with van der Waals surface area (Å²) in [7, 11) is 0. The number of hydrogen-bond donors (Lipinski definition) is 2. The molecule has 0 spiro atoms. The summed E-state index contributed by atoms with van der Waals surface area (Å²) >= 11 is 0. The van der Waals surface area contributed by atoms with E-state index in [1.807, 2.05) is 0 Å². The Morgan fingerprint density at radius 3 is 2.67 bits per heavy atom. The van der Waals surface area contributed by atoms with Gasteiger partial charge < -0.3 is 10.4 Å². The zero-order chi connectivity index (χ0) is 13.9. The van der Waals surface area contributed by atoms with E-state index in [1.54, 1.807) is 0 Å². The highest BCUT2D eigenvalue weighted by atomic mass is 19.1. The molecule has 1 rings (SSSR count). The number of hydrogen-bond acceptors (Lipinski definition) is 4. The predicted molar refractivity (Wildman–Crippen MR) is 61.7 cm³/mol. The molecule has 1 amide bonds. The number of halogens is 1. The van der Waals surface area contributed by atoms with Crippen LogP contribution in [0.3, 0.4) is 0 Å². The van der Waals surface area contributed by atoms with Crippen molar-refractivity contribution in [3.05, 3.63) is 39.7 Å². The van der Waals surface area contributed by atoms with Gasteiger partial charge in [-0.25, -0.2) is 4.39 Å². The Morgan fingerprint density at radius 2 is 2.17 bits per heavy atom. The number of nitrogens with one attached hydrogen (secondary N) is 1. The van der Waals surface area contributed by atoms with Gasteiger partial charge in [0.15, 0.2) is 0 Å². The van der Waals surface area contributed by atoms with Crippen molar-refractivity contribution in [2.45, 2.75) is 19.4 Å². The molecule has 0 aliphatic rings. The van der Waals surface area contributed by atoms with Crippen LogP contribution in [-0.2, 0) is 0 Å². The SMILES string of the molecule is CC(C)(O)CNC(=O)c1ccc(F)cc1[N+](=O)[O-]. The van der Waals surface area contributed by atoms with E-state index in [9.17, 15) is 24.4 Å². The molecule has 0 radical (unpaired) electrons. The van der Waals surface area contributed by atoms with Gasteiger partial charge in [-0.05, 0) is 26.0 Å². The zero-order valence-electron chi connectivity index (χ0n) is 9.94. The van der Waals surface area contributed by atoms with E-state index in [2.05, 4.69) is 5.32 Å². The summed E-state index contributed by atoms with van der Waals surface area (Å²) in [5.74, 6) is -1.52. The Kier molecular flexibility index (Phi) is 3.97. The summed E-state index contributed by atoms with van der Waals surface area (Å²) in [5, 5.41) is 22.5. The van der Waals surface area contributed by atoms with E-state index in [4.69, 9.17) is 0 Å². The molecule has 18 heavy (non-hydrogen) atoms. The third kappa shape index (κ3) is 3.77. The maximum absolute atomic E-state index is 12.9. The van der Waals surface area contributed by atoms with Crippen LogP contribution in [0, 0.1) is 15.9 Å². The van der Waals surface area contributed by atoms with Gasteiger partial charge >= 0.3 is 0 Å². The van der Waals surface area contributed by atoms with Gasteiger partial charge in [0.25, 0.3) is 11.6 Å². The maximum atomic E-state index is 12.9. The molecule has 7 heteroatoms. The van der Waals surface area contributed by atoms with Crippen molar-refractivity contribution in [2.75, 3.05) is 6.54 Å². The van der Waals surface area contributed by atoms with Crippen LogP contribution < -0.4 is 5.32 Å². The van der Waals surface area contributed by atoms with Crippen molar-refractivity contribution in [1.29, 1.82) is 0 Å². The third-order valence-electron chi connectivity index (χ3n) is 2.08. The second-order valence-corrected chi connectivity index (χ2v) is 4.41. The van der Waals surface area contributed by atoms with Crippen LogP contribution in [0.25, 0.3) is 0 Å². The summed E-state index contributed by atoms with van der Waals surface area (Å²) in [4.78, 5) is 21.5. The van der Waals surface area contributed by atoms with Gasteiger partial charge in [0.05, 0.1) is 16.6 Å². The minimum atomic E-state index is -1.13. The van der Waals surface area contributed by atoms with Crippen LogP contribution in [0.4, 0.5) is 10.1 Å². The first-order valence-corrected chi connectivity index (χ1v) is 5.15. The number of aliphatic hydroxyl groups is 1. The van der Waals surface area contributed by atoms with E-state index in [0.29, 0.717) is 6.07 Å². The average molecular weight is 256 g/mol. The molecule has 0 aliphatic carbocycles. The Bertz CT molecular complexity index is 482. The molecule has 2 N–H and O–H groups in total. The van der Waals surface area contributed by atoms with Gasteiger partial charge in [-0.1, -0.05) is 0 Å². The Morgan fingerprint density at radius 1 is 1.56 bits per heavy atom. The summed E-state index contributed by atoms with van der Waals surface area (Å²) in [6.07, 6.45) is 0. The topological polar surface area (TPSA) is 92.5 Å². The van der Waals surface area contributed by atoms with E-state index in [-0.39, 0.29) is 12.1 Å². The minimum absolute atomic E-state index is 0.0691. The largest absolute Gasteiger partial charge is 0.389 e. The standard InChI is InChI=1S/C11H13FN2O4/c1-11(2,16)6-13-10(15)8-4-3-7(12)5-9(8)14(17)18/h3-5,16H,6H2,1-2H3,(H,13,15). The minimum Gasteiger partial charge on any atom is -0.389 e. The van der Waals surface area contributed by atoms with Crippen molar-refractivity contribution in [2.24, 2.45) is 0 Å². The Balaban J connectivity index is 2.95. The monoisotopic (exact) mass is 256 g/mol. The first-order chi connectivity index (χ1) is 8.20. The van der Waals surface area contributed by atoms with Crippen molar-refractivity contribution in [1.82, 2.24) is 5.32 Å². The lowest BCUT2D eigenvalue weighted by molar-refractivity contribution is -0.385. The van der Waals surface area contributed by atoms with Gasteiger partial charge in [0, 0.05) is 6.54 Å². The van der Waals surface area contributed by atoms with E-state index in [1.165, 1.54) is 13.8 Å². The number of nitrogens with zero attached hydrogens (tertiary/aromatic N) is 1. The number of rotatable bonds is 4. The molecule has 1 aromatic carbocycles. The molecular weight excluding hydrogens is 243 g/mol. The molecule has 0 unspecified atom stereocenters. The Hall–Kier alpha value is -2.02. The molecule has 0 bridgehead atoms. The molecule has 1 aromatic rings. The summed E-state index contributed by atoms with van der Waals surface area (Å²) in [6, 6.07) is 2.68. The third-order valence-corrected chi connectivity index (χ3v) is 2.08. The van der Waals surface area contributed by atoms with Gasteiger partial charge in [-0.3, -0.25) is 14.9 Å². The smallest absolute Gasteiger partial charge is 0.285 e. The molecular formula is C11H13FN2O4. The van der Waals surface area contributed by atoms with Crippen molar-refractivity contribution in [3.8, 4) is 0 Å². The molecule has 98 valence electrons. The summed E-state index contributed by atoms with van der Waals surface area (Å²) in [5.41, 5.74) is -1.99. The van der Waals surface area contributed by atoms with Gasteiger partial charge in [0.2, 0.25) is 0 Å². The molecule has 6 nitrogen and oxygen atoms in total. The second kappa shape index (κ2) is 5.09. The Labute approximate surface area is 103 Å². The number of amides is 1. The molecule has 0 fully saturated rings. The molecule has 0 saturated heterocycles. The number of nitro benzene ring substituents is 1. The second-order valence-electron chi connectivity index (χ2n) is 4.41. The number of nitro groups is 1. The van der Waals surface area contributed by atoms with Crippen LogP contribution in [0.2, 0.25) is 0 Å². The van der Waals surface area contributed by atoms with Crippen LogP contribution >= 0.6 is 0 Å². The fourth-order valence-electron chi connectivity index (χ4n) is 1.24. The first kappa shape index (κ1) is 14.0. The average Bonchev–Trinajstić information content (AvgIpc) is 2.24. The van der Waals surface area contributed by atoms with Crippen LogP contribution in [0.15, 0.2) is 18.2 Å². The van der Waals surface area contributed by atoms with Crippen molar-refractivity contribution in [3.63, 3.8) is 0 Å². The fraction of sp³-hybridized carbons (Fsp3) is 0.364. The highest BCUT2D eigenvalue weighted by Crippen LogP contribution is 2.19. The lowest BCUT2D eigenvalue weighted by Crippen LogP contribution is -2.38. The summed E-state index contributed by atoms with van der Waals surface area (Å²) < 4.78 is 12.9. The summed E-state index contributed by atoms with van der Waals surface area (Å²) in [6.45, 7) is 2.89. The fourth-order valence-corrected chi connectivity index (χ4v) is 1.24. The highest BCUT2D eigenvalue weighted by Gasteiger charge is 2.22. The van der Waals surface area contributed by atoms with E-state index in [0.717, 1.165) is 12.1 Å². The number of benzene rings is 1. The van der Waals surface area contributed by atoms with Gasteiger partial charge in [-0.15, -0.1) is 0 Å². The van der Waals surface area contributed by atoms with Crippen LogP contribution in [0.1, 0.15) is 24.2 Å². The predicted octanol–water partition coefficient (Wildman–Crippen LogP) is 1.23. The quantitative estimate of drug-likeness (QED) is 0.626. The highest BCUT2D eigenvalue weighted by molar-refractivity contribution is 5.98. The zero-order valence-corrected chi connectivity index (χ0v) is 9.94. The van der Waals surface area contributed by atoms with Gasteiger partial charge in [0.1, 0.15) is 11.4 Å².